The van der Waals surface area contributed by atoms with Gasteiger partial charge in [-0.05, 0) is 50.4 Å². The van der Waals surface area contributed by atoms with Crippen LogP contribution in [0.15, 0.2) is 24.3 Å². The van der Waals surface area contributed by atoms with Crippen LogP contribution >= 0.6 is 0 Å². The van der Waals surface area contributed by atoms with E-state index in [0.29, 0.717) is 25.0 Å². The molecule has 1 aliphatic heterocycles. The molecule has 4 atom stereocenters. The molecule has 4 N–H and O–H groups in total. The van der Waals surface area contributed by atoms with E-state index >= 15 is 0 Å². The molecule has 0 saturated carbocycles. The molecule has 1 fully saturated rings. The van der Waals surface area contributed by atoms with Gasteiger partial charge in [-0.3, -0.25) is 0 Å². The summed E-state index contributed by atoms with van der Waals surface area (Å²) in [5.41, 5.74) is 0. The van der Waals surface area contributed by atoms with E-state index in [1.165, 1.54) is 22.6 Å². The number of hydrogen-bond acceptors (Lipinski definition) is 4. The summed E-state index contributed by atoms with van der Waals surface area (Å²) in [6.07, 6.45) is 15.2. The Labute approximate surface area is 182 Å². The third kappa shape index (κ3) is 9.16. The maximum atomic E-state index is 10.3. The van der Waals surface area contributed by atoms with Crippen LogP contribution < -0.4 is 9.80 Å². The third-order valence-corrected chi connectivity index (χ3v) is 6.80. The van der Waals surface area contributed by atoms with Crippen molar-refractivity contribution in [1.82, 2.24) is 0 Å². The van der Waals surface area contributed by atoms with E-state index in [0.717, 1.165) is 78.2 Å². The van der Waals surface area contributed by atoms with Crippen molar-refractivity contribution in [3.63, 3.8) is 0 Å². The summed E-state index contributed by atoms with van der Waals surface area (Å²) in [6, 6.07) is 0. The Hall–Kier alpha value is -0.760. The number of aliphatic hydroxyl groups is 2. The van der Waals surface area contributed by atoms with Gasteiger partial charge in [0.15, 0.2) is 0 Å². The Morgan fingerprint density at radius 1 is 0.700 bits per heavy atom. The van der Waals surface area contributed by atoms with E-state index in [1.807, 2.05) is 0 Å². The quantitative estimate of drug-likeness (QED) is 0.311. The summed E-state index contributed by atoms with van der Waals surface area (Å²) in [6.45, 7) is 8.14. The zero-order chi connectivity index (χ0) is 21.0. The molecule has 2 aliphatic carbocycles. The summed E-state index contributed by atoms with van der Waals surface area (Å²) >= 11 is 0. The zero-order valence-corrected chi connectivity index (χ0v) is 18.6. The molecule has 30 heavy (non-hydrogen) atoms. The van der Waals surface area contributed by atoms with Gasteiger partial charge in [-0.2, -0.15) is 0 Å². The maximum absolute atomic E-state index is 10.3. The largest absolute Gasteiger partial charge is 0.385 e. The molecule has 3 aliphatic rings. The number of piperazine rings is 1. The fourth-order valence-electron chi connectivity index (χ4n) is 4.91. The minimum absolute atomic E-state index is 0.380. The molecule has 0 unspecified atom stereocenters. The van der Waals surface area contributed by atoms with Crippen LogP contribution in [0.1, 0.15) is 38.5 Å². The van der Waals surface area contributed by atoms with Crippen LogP contribution in [0.2, 0.25) is 0 Å². The Morgan fingerprint density at radius 2 is 1.13 bits per heavy atom. The number of nitrogens with one attached hydrogen (secondary N) is 2. The highest BCUT2D eigenvalue weighted by Gasteiger charge is 2.27. The van der Waals surface area contributed by atoms with Crippen LogP contribution in [0.4, 0.5) is 0 Å². The molecule has 0 aromatic rings. The van der Waals surface area contributed by atoms with Crippen molar-refractivity contribution in [2.45, 2.75) is 50.7 Å². The van der Waals surface area contributed by atoms with Gasteiger partial charge < -0.3 is 29.5 Å². The van der Waals surface area contributed by atoms with Crippen molar-refractivity contribution in [3.8, 4) is 0 Å². The Balaban J connectivity index is 1.20. The Bertz CT molecular complexity index is 473. The van der Waals surface area contributed by atoms with Crippen molar-refractivity contribution in [3.05, 3.63) is 24.3 Å². The van der Waals surface area contributed by atoms with Crippen molar-refractivity contribution < 1.29 is 29.5 Å². The number of quaternary nitrogens is 2. The van der Waals surface area contributed by atoms with Crippen molar-refractivity contribution in [2.24, 2.45) is 11.8 Å². The minimum Gasteiger partial charge on any atom is -0.385 e. The summed E-state index contributed by atoms with van der Waals surface area (Å²) < 4.78 is 11.6. The smallest absolute Gasteiger partial charge is 0.127 e. The lowest BCUT2D eigenvalue weighted by Crippen LogP contribution is -3.28. The molecule has 0 aromatic carbocycles. The highest BCUT2D eigenvalue weighted by atomic mass is 16.5. The lowest BCUT2D eigenvalue weighted by atomic mass is 9.95. The van der Waals surface area contributed by atoms with E-state index in [4.69, 9.17) is 9.47 Å². The average molecular weight is 425 g/mol. The van der Waals surface area contributed by atoms with E-state index in [9.17, 15) is 10.2 Å². The number of ether oxygens (including phenoxy) is 2. The standard InChI is InChI=1S/C24H42N2O4/c27-23(19-29-17-21-7-3-1-4-8-21)15-25-11-13-26(14-12-25)16-24(28)20-30-18-22-9-5-2-6-10-22/h1-3,5,21-24,27-28H,4,6-20H2/p+2/t21-,22+,23-,24+. The lowest BCUT2D eigenvalue weighted by molar-refractivity contribution is -1.01. The number of hydrogen-bond donors (Lipinski definition) is 4. The first kappa shape index (κ1) is 23.9. The summed E-state index contributed by atoms with van der Waals surface area (Å²) in [5, 5.41) is 20.6. The molecule has 3 rings (SSSR count). The summed E-state index contributed by atoms with van der Waals surface area (Å²) in [5.74, 6) is 1.24. The van der Waals surface area contributed by atoms with Crippen LogP contribution in [0, 0.1) is 11.8 Å². The Kier molecular flexibility index (Phi) is 10.8. The highest BCUT2D eigenvalue weighted by Crippen LogP contribution is 2.18. The fraction of sp³-hybridized carbons (Fsp3) is 0.833. The van der Waals surface area contributed by atoms with Gasteiger partial charge in [-0.1, -0.05) is 24.3 Å². The van der Waals surface area contributed by atoms with Gasteiger partial charge in [0.25, 0.3) is 0 Å². The predicted octanol–water partition coefficient (Wildman–Crippen LogP) is -0.763. The molecule has 1 saturated heterocycles. The lowest BCUT2D eigenvalue weighted by Gasteiger charge is -2.31. The monoisotopic (exact) mass is 424 g/mol. The SMILES string of the molecule is O[C@H](COC[C@H]1CC=CCC1)C[NH+]1CC[NH+](C[C@@H](O)COC[C@@H]2CC=CCC2)CC1. The van der Waals surface area contributed by atoms with E-state index in [-0.39, 0.29) is 12.2 Å². The molecule has 0 amide bonds. The first-order chi connectivity index (χ1) is 14.7. The summed E-state index contributed by atoms with van der Waals surface area (Å²) in [7, 11) is 0. The molecular formula is C24H44N2O4+2. The van der Waals surface area contributed by atoms with Gasteiger partial charge in [0.05, 0.1) is 13.2 Å². The fourth-order valence-corrected chi connectivity index (χ4v) is 4.91. The van der Waals surface area contributed by atoms with Gasteiger partial charge in [-0.15, -0.1) is 0 Å². The van der Waals surface area contributed by atoms with Crippen molar-refractivity contribution in [1.29, 1.82) is 0 Å². The first-order valence-corrected chi connectivity index (χ1v) is 12.2. The summed E-state index contributed by atoms with van der Waals surface area (Å²) in [4.78, 5) is 2.90. The third-order valence-electron chi connectivity index (χ3n) is 6.80. The normalized spacial score (nSPS) is 31.5. The van der Waals surface area contributed by atoms with Crippen molar-refractivity contribution >= 4 is 0 Å². The van der Waals surface area contributed by atoms with Gasteiger partial charge in [-0.25, -0.2) is 0 Å². The maximum Gasteiger partial charge on any atom is 0.127 e. The molecule has 0 bridgehead atoms. The zero-order valence-electron chi connectivity index (χ0n) is 18.6. The number of aliphatic hydroxyl groups excluding tert-OH is 2. The highest BCUT2D eigenvalue weighted by molar-refractivity contribution is 4.90. The van der Waals surface area contributed by atoms with Crippen molar-refractivity contribution in [2.75, 3.05) is 65.7 Å². The molecule has 172 valence electrons. The van der Waals surface area contributed by atoms with Crippen LogP contribution in [-0.4, -0.2) is 88.1 Å². The van der Waals surface area contributed by atoms with E-state index in [1.54, 1.807) is 0 Å². The predicted molar refractivity (Wildman–Crippen MR) is 118 cm³/mol. The molecule has 6 heteroatoms. The minimum atomic E-state index is -0.380. The van der Waals surface area contributed by atoms with Crippen LogP contribution in [0.25, 0.3) is 0 Å². The molecule has 1 heterocycles. The Morgan fingerprint density at radius 3 is 1.50 bits per heavy atom. The van der Waals surface area contributed by atoms with Gasteiger partial charge >= 0.3 is 0 Å². The van der Waals surface area contributed by atoms with E-state index < -0.39 is 0 Å². The van der Waals surface area contributed by atoms with Crippen LogP contribution in [0.3, 0.4) is 0 Å². The second-order valence-corrected chi connectivity index (χ2v) is 9.59. The van der Waals surface area contributed by atoms with Crippen LogP contribution in [0.5, 0.6) is 0 Å². The first-order valence-electron chi connectivity index (χ1n) is 12.2. The molecule has 0 radical (unpaired) electrons. The topological polar surface area (TPSA) is 67.8 Å². The van der Waals surface area contributed by atoms with Crippen LogP contribution in [-0.2, 0) is 9.47 Å². The average Bonchev–Trinajstić information content (AvgIpc) is 2.77. The number of allylic oxidation sites excluding steroid dienone is 4. The second kappa shape index (κ2) is 13.6. The van der Waals surface area contributed by atoms with Gasteiger partial charge in [0, 0.05) is 13.2 Å². The van der Waals surface area contributed by atoms with Gasteiger partial charge in [0.2, 0.25) is 0 Å². The molecule has 0 spiro atoms. The van der Waals surface area contributed by atoms with E-state index in [2.05, 4.69) is 24.3 Å². The second-order valence-electron chi connectivity index (χ2n) is 9.59. The molecule has 6 nitrogen and oxygen atoms in total. The molecular weight excluding hydrogens is 380 g/mol. The van der Waals surface area contributed by atoms with Gasteiger partial charge in [0.1, 0.15) is 51.5 Å². The molecule has 0 aromatic heterocycles. The number of rotatable bonds is 12.